The molecule has 1 aliphatic heterocycles. The molecular weight excluding hydrogens is 256 g/mol. The number of halogens is 1. The van der Waals surface area contributed by atoms with Gasteiger partial charge in [0, 0.05) is 0 Å². The molecule has 15 heavy (non-hydrogen) atoms. The minimum atomic E-state index is -0.0822. The summed E-state index contributed by atoms with van der Waals surface area (Å²) in [5.41, 5.74) is 0.978. The van der Waals surface area contributed by atoms with Crippen LogP contribution in [0.1, 0.15) is 13.3 Å². The lowest BCUT2D eigenvalue weighted by Crippen LogP contribution is -2.39. The standard InChI is InChI=1S/C11H11BrN2O/c1-7-10(5-6-13)15-11-8(12)3-2-4-9(11)14-7/h2-4,7,10,14H,5H2,1H3. The van der Waals surface area contributed by atoms with Gasteiger partial charge in [-0.15, -0.1) is 0 Å². The second-order valence-corrected chi connectivity index (χ2v) is 4.42. The van der Waals surface area contributed by atoms with E-state index >= 15 is 0 Å². The molecule has 1 aromatic rings. The molecule has 0 amide bonds. The van der Waals surface area contributed by atoms with Crippen molar-refractivity contribution in [2.45, 2.75) is 25.5 Å². The first-order chi connectivity index (χ1) is 7.22. The Balaban J connectivity index is 2.31. The molecule has 0 saturated heterocycles. The van der Waals surface area contributed by atoms with Gasteiger partial charge in [-0.1, -0.05) is 6.07 Å². The van der Waals surface area contributed by atoms with Crippen molar-refractivity contribution in [2.75, 3.05) is 5.32 Å². The second kappa shape index (κ2) is 4.11. The molecule has 2 rings (SSSR count). The largest absolute Gasteiger partial charge is 0.484 e. The van der Waals surface area contributed by atoms with Crippen LogP contribution < -0.4 is 10.1 Å². The highest BCUT2D eigenvalue weighted by atomic mass is 79.9. The number of rotatable bonds is 1. The van der Waals surface area contributed by atoms with Crippen molar-refractivity contribution in [3.8, 4) is 11.8 Å². The van der Waals surface area contributed by atoms with Crippen LogP contribution >= 0.6 is 15.9 Å². The number of ether oxygens (including phenoxy) is 1. The van der Waals surface area contributed by atoms with E-state index in [1.165, 1.54) is 0 Å². The van der Waals surface area contributed by atoms with Crippen LogP contribution in [0.2, 0.25) is 0 Å². The molecule has 1 aromatic carbocycles. The molecule has 0 saturated carbocycles. The van der Waals surface area contributed by atoms with Crippen molar-refractivity contribution in [2.24, 2.45) is 0 Å². The Morgan fingerprint density at radius 3 is 3.13 bits per heavy atom. The first-order valence-electron chi connectivity index (χ1n) is 4.81. The number of fused-ring (bicyclic) bond motifs is 1. The lowest BCUT2D eigenvalue weighted by Gasteiger charge is -2.32. The monoisotopic (exact) mass is 266 g/mol. The minimum Gasteiger partial charge on any atom is -0.484 e. The van der Waals surface area contributed by atoms with Crippen LogP contribution in [0.3, 0.4) is 0 Å². The fraction of sp³-hybridized carbons (Fsp3) is 0.364. The Hall–Kier alpha value is -1.21. The Kier molecular flexibility index (Phi) is 2.83. The Morgan fingerprint density at radius 2 is 2.40 bits per heavy atom. The third-order valence-electron chi connectivity index (χ3n) is 2.47. The zero-order valence-electron chi connectivity index (χ0n) is 8.33. The van der Waals surface area contributed by atoms with E-state index in [0.29, 0.717) is 6.42 Å². The average Bonchev–Trinajstić information content (AvgIpc) is 2.21. The summed E-state index contributed by atoms with van der Waals surface area (Å²) < 4.78 is 6.70. The molecule has 0 radical (unpaired) electrons. The fourth-order valence-corrected chi connectivity index (χ4v) is 2.10. The highest BCUT2D eigenvalue weighted by molar-refractivity contribution is 9.10. The predicted molar refractivity (Wildman–Crippen MR) is 61.9 cm³/mol. The lowest BCUT2D eigenvalue weighted by molar-refractivity contribution is 0.178. The van der Waals surface area contributed by atoms with Gasteiger partial charge in [0.2, 0.25) is 0 Å². The number of benzene rings is 1. The number of nitrogens with one attached hydrogen (secondary N) is 1. The number of para-hydroxylation sites is 1. The molecule has 2 atom stereocenters. The van der Waals surface area contributed by atoms with Gasteiger partial charge >= 0.3 is 0 Å². The van der Waals surface area contributed by atoms with Crippen molar-refractivity contribution in [3.05, 3.63) is 22.7 Å². The van der Waals surface area contributed by atoms with Crippen molar-refractivity contribution in [1.29, 1.82) is 5.26 Å². The maximum absolute atomic E-state index is 8.68. The van der Waals surface area contributed by atoms with Gasteiger partial charge in [0.15, 0.2) is 5.75 Å². The van der Waals surface area contributed by atoms with E-state index in [0.717, 1.165) is 15.9 Å². The predicted octanol–water partition coefficient (Wildman–Crippen LogP) is 2.92. The van der Waals surface area contributed by atoms with Gasteiger partial charge in [-0.05, 0) is 35.0 Å². The van der Waals surface area contributed by atoms with Gasteiger partial charge in [-0.2, -0.15) is 5.26 Å². The summed E-state index contributed by atoms with van der Waals surface area (Å²) in [7, 11) is 0. The lowest BCUT2D eigenvalue weighted by atomic mass is 10.1. The Labute approximate surface area is 97.2 Å². The molecule has 3 nitrogen and oxygen atoms in total. The number of hydrogen-bond acceptors (Lipinski definition) is 3. The summed E-state index contributed by atoms with van der Waals surface area (Å²) in [4.78, 5) is 0. The highest BCUT2D eigenvalue weighted by Gasteiger charge is 2.26. The SMILES string of the molecule is CC1Nc2cccc(Br)c2OC1CC#N. The first kappa shape index (κ1) is 10.3. The van der Waals surface area contributed by atoms with E-state index < -0.39 is 0 Å². The first-order valence-corrected chi connectivity index (χ1v) is 5.60. The van der Waals surface area contributed by atoms with Crippen LogP contribution in [0.5, 0.6) is 5.75 Å². The third-order valence-corrected chi connectivity index (χ3v) is 3.09. The molecule has 2 unspecified atom stereocenters. The van der Waals surface area contributed by atoms with Crippen molar-refractivity contribution in [1.82, 2.24) is 0 Å². The summed E-state index contributed by atoms with van der Waals surface area (Å²) in [6.45, 7) is 2.02. The van der Waals surface area contributed by atoms with E-state index in [1.54, 1.807) is 0 Å². The van der Waals surface area contributed by atoms with Gasteiger partial charge < -0.3 is 10.1 Å². The number of hydrogen-bond donors (Lipinski definition) is 1. The van der Waals surface area contributed by atoms with E-state index in [1.807, 2.05) is 25.1 Å². The Bertz CT molecular complexity index is 414. The average molecular weight is 267 g/mol. The van der Waals surface area contributed by atoms with E-state index in [9.17, 15) is 0 Å². The van der Waals surface area contributed by atoms with Crippen LogP contribution in [0.25, 0.3) is 0 Å². The van der Waals surface area contributed by atoms with Crippen LogP contribution in [-0.2, 0) is 0 Å². The molecule has 0 spiro atoms. The minimum absolute atomic E-state index is 0.0822. The van der Waals surface area contributed by atoms with Crippen molar-refractivity contribution >= 4 is 21.6 Å². The summed E-state index contributed by atoms with van der Waals surface area (Å²) in [6, 6.07) is 8.15. The van der Waals surface area contributed by atoms with Crippen LogP contribution in [-0.4, -0.2) is 12.1 Å². The fourth-order valence-electron chi connectivity index (χ4n) is 1.64. The maximum atomic E-state index is 8.68. The van der Waals surface area contributed by atoms with Gasteiger partial charge in [0.1, 0.15) is 6.10 Å². The molecule has 1 N–H and O–H groups in total. The van der Waals surface area contributed by atoms with Gasteiger partial charge in [0.25, 0.3) is 0 Å². The van der Waals surface area contributed by atoms with Crippen LogP contribution in [0.4, 0.5) is 5.69 Å². The van der Waals surface area contributed by atoms with Crippen molar-refractivity contribution in [3.63, 3.8) is 0 Å². The summed E-state index contributed by atoms with van der Waals surface area (Å²) in [6.07, 6.45) is 0.316. The molecular formula is C11H11BrN2O. The number of nitriles is 1. The normalized spacial score (nSPS) is 23.3. The zero-order chi connectivity index (χ0) is 10.8. The molecule has 0 bridgehead atoms. The topological polar surface area (TPSA) is 45.0 Å². The van der Waals surface area contributed by atoms with Gasteiger partial charge in [-0.25, -0.2) is 0 Å². The van der Waals surface area contributed by atoms with Gasteiger partial charge in [0.05, 0.1) is 28.7 Å². The van der Waals surface area contributed by atoms with E-state index in [2.05, 4.69) is 27.3 Å². The molecule has 4 heteroatoms. The summed E-state index contributed by atoms with van der Waals surface area (Å²) >= 11 is 3.43. The van der Waals surface area contributed by atoms with E-state index in [4.69, 9.17) is 10.00 Å². The number of anilines is 1. The molecule has 0 aromatic heterocycles. The summed E-state index contributed by atoms with van der Waals surface area (Å²) in [5, 5.41) is 12.0. The molecule has 0 aliphatic carbocycles. The molecule has 78 valence electrons. The van der Waals surface area contributed by atoms with E-state index in [-0.39, 0.29) is 12.1 Å². The molecule has 1 heterocycles. The van der Waals surface area contributed by atoms with Crippen LogP contribution in [0.15, 0.2) is 22.7 Å². The molecule has 0 fully saturated rings. The van der Waals surface area contributed by atoms with Gasteiger partial charge in [-0.3, -0.25) is 0 Å². The second-order valence-electron chi connectivity index (χ2n) is 3.57. The molecule has 1 aliphatic rings. The third kappa shape index (κ3) is 1.93. The summed E-state index contributed by atoms with van der Waals surface area (Å²) in [5.74, 6) is 0.802. The Morgan fingerprint density at radius 1 is 1.60 bits per heavy atom. The highest BCUT2D eigenvalue weighted by Crippen LogP contribution is 2.38. The van der Waals surface area contributed by atoms with Crippen LogP contribution in [0, 0.1) is 11.3 Å². The smallest absolute Gasteiger partial charge is 0.157 e. The van der Waals surface area contributed by atoms with Crippen molar-refractivity contribution < 1.29 is 4.74 Å². The number of nitrogens with zero attached hydrogens (tertiary/aromatic N) is 1. The zero-order valence-corrected chi connectivity index (χ0v) is 9.91. The quantitative estimate of drug-likeness (QED) is 0.850. The maximum Gasteiger partial charge on any atom is 0.157 e.